The van der Waals surface area contributed by atoms with Gasteiger partial charge in [-0.1, -0.05) is 12.1 Å². The molecule has 0 saturated heterocycles. The molecule has 0 bridgehead atoms. The Kier molecular flexibility index (Phi) is 5.77. The van der Waals surface area contributed by atoms with Gasteiger partial charge in [0.1, 0.15) is 5.82 Å². The zero-order valence-corrected chi connectivity index (χ0v) is 17.7. The van der Waals surface area contributed by atoms with Gasteiger partial charge in [0.15, 0.2) is 5.82 Å². The van der Waals surface area contributed by atoms with Crippen LogP contribution in [0.5, 0.6) is 0 Å². The third-order valence-electron chi connectivity index (χ3n) is 6.00. The Morgan fingerprint density at radius 1 is 0.939 bits per heavy atom. The number of alkyl halides is 2. The van der Waals surface area contributed by atoms with Gasteiger partial charge in [0.25, 0.3) is 12.0 Å². The average Bonchev–Trinajstić information content (AvgIpc) is 2.85. The summed E-state index contributed by atoms with van der Waals surface area (Å²) in [5.74, 6) is -0.0529. The Bertz CT molecular complexity index is 1320. The van der Waals surface area contributed by atoms with Crippen LogP contribution in [0.1, 0.15) is 44.0 Å². The maximum Gasteiger partial charge on any atom is 0.297 e. The molecule has 0 atom stereocenters. The minimum atomic E-state index is -2.74. The van der Waals surface area contributed by atoms with Crippen molar-refractivity contribution in [3.05, 3.63) is 77.1 Å². The molecule has 5 rings (SSSR count). The van der Waals surface area contributed by atoms with Crippen molar-refractivity contribution in [2.45, 2.75) is 44.2 Å². The average molecular weight is 448 g/mol. The van der Waals surface area contributed by atoms with Gasteiger partial charge in [-0.3, -0.25) is 9.78 Å². The van der Waals surface area contributed by atoms with Crippen molar-refractivity contribution in [1.29, 1.82) is 0 Å². The lowest BCUT2D eigenvalue weighted by atomic mass is 9.91. The van der Waals surface area contributed by atoms with Crippen molar-refractivity contribution in [2.75, 3.05) is 5.32 Å². The number of para-hydroxylation sites is 1. The molecule has 33 heavy (non-hydrogen) atoms. The molecular formula is C24H22F2N6O. The molecule has 1 aliphatic carbocycles. The highest BCUT2D eigenvalue weighted by Gasteiger charge is 2.25. The molecule has 3 aromatic heterocycles. The van der Waals surface area contributed by atoms with Gasteiger partial charge in [-0.2, -0.15) is 5.10 Å². The van der Waals surface area contributed by atoms with Crippen molar-refractivity contribution in [3.8, 4) is 11.3 Å². The molecule has 0 radical (unpaired) electrons. The smallest absolute Gasteiger partial charge is 0.297 e. The van der Waals surface area contributed by atoms with E-state index in [0.29, 0.717) is 16.7 Å². The maximum absolute atomic E-state index is 13.3. The second-order valence-electron chi connectivity index (χ2n) is 8.14. The molecule has 1 aliphatic rings. The molecule has 1 fully saturated rings. The van der Waals surface area contributed by atoms with E-state index in [1.54, 1.807) is 41.3 Å². The van der Waals surface area contributed by atoms with E-state index in [1.807, 2.05) is 24.3 Å². The summed E-state index contributed by atoms with van der Waals surface area (Å²) >= 11 is 0. The highest BCUT2D eigenvalue weighted by Crippen LogP contribution is 2.31. The molecule has 168 valence electrons. The number of rotatable bonds is 5. The molecular weight excluding hydrogens is 426 g/mol. The molecule has 9 heteroatoms. The van der Waals surface area contributed by atoms with Crippen molar-refractivity contribution in [2.24, 2.45) is 0 Å². The van der Waals surface area contributed by atoms with Crippen LogP contribution in [0.25, 0.3) is 22.2 Å². The van der Waals surface area contributed by atoms with Gasteiger partial charge < -0.3 is 5.32 Å². The molecule has 0 spiro atoms. The van der Waals surface area contributed by atoms with E-state index >= 15 is 0 Å². The minimum absolute atomic E-state index is 0.0175. The largest absolute Gasteiger partial charge is 0.367 e. The molecule has 1 aromatic carbocycles. The molecule has 0 aliphatic heterocycles. The van der Waals surface area contributed by atoms with Gasteiger partial charge >= 0.3 is 0 Å². The summed E-state index contributed by atoms with van der Waals surface area (Å²) in [7, 11) is 0. The Balaban J connectivity index is 1.33. The molecule has 3 heterocycles. The summed E-state index contributed by atoms with van der Waals surface area (Å²) < 4.78 is 28.2. The lowest BCUT2D eigenvalue weighted by molar-refractivity contribution is 0.141. The number of hydrogen-bond acceptors (Lipinski definition) is 6. The van der Waals surface area contributed by atoms with Crippen molar-refractivity contribution in [1.82, 2.24) is 24.7 Å². The van der Waals surface area contributed by atoms with E-state index in [-0.39, 0.29) is 17.6 Å². The minimum Gasteiger partial charge on any atom is -0.367 e. The van der Waals surface area contributed by atoms with Crippen LogP contribution in [-0.2, 0) is 0 Å². The quantitative estimate of drug-likeness (QED) is 0.473. The second kappa shape index (κ2) is 9.01. The first-order chi connectivity index (χ1) is 16.1. The number of hydrogen-bond donors (Lipinski definition) is 1. The number of aromatic nitrogens is 5. The first kappa shape index (κ1) is 21.1. The zero-order chi connectivity index (χ0) is 22.8. The van der Waals surface area contributed by atoms with E-state index in [0.717, 1.165) is 36.9 Å². The number of fused-ring (bicyclic) bond motifs is 1. The van der Waals surface area contributed by atoms with Gasteiger partial charge in [-0.05, 0) is 56.0 Å². The van der Waals surface area contributed by atoms with E-state index in [9.17, 15) is 13.6 Å². The van der Waals surface area contributed by atoms with Crippen LogP contribution >= 0.6 is 0 Å². The molecule has 1 N–H and O–H groups in total. The Morgan fingerprint density at radius 3 is 2.45 bits per heavy atom. The van der Waals surface area contributed by atoms with Crippen LogP contribution in [-0.4, -0.2) is 30.8 Å². The summed E-state index contributed by atoms with van der Waals surface area (Å²) in [5, 5.41) is 8.66. The number of anilines is 1. The van der Waals surface area contributed by atoms with Gasteiger partial charge in [0.2, 0.25) is 0 Å². The topological polar surface area (TPSA) is 85.6 Å². The highest BCUT2D eigenvalue weighted by molar-refractivity contribution is 5.89. The number of nitrogens with zero attached hydrogens (tertiary/aromatic N) is 5. The second-order valence-corrected chi connectivity index (χ2v) is 8.14. The fourth-order valence-corrected chi connectivity index (χ4v) is 4.32. The standard InChI is InChI=1S/C24H22F2N6O/c25-22(26)24-29-20-4-2-1-3-18(20)23(30-24)28-16-5-7-17(8-6-16)32-21(33)10-9-19(31-32)15-11-13-27-14-12-15/h1-4,9-14,16-17,22H,5-8H2,(H,28,29,30). The Labute approximate surface area is 188 Å². The summed E-state index contributed by atoms with van der Waals surface area (Å²) in [4.78, 5) is 24.6. The van der Waals surface area contributed by atoms with E-state index in [2.05, 4.69) is 25.4 Å². The van der Waals surface area contributed by atoms with Gasteiger partial charge in [0, 0.05) is 35.5 Å². The molecule has 0 amide bonds. The third-order valence-corrected chi connectivity index (χ3v) is 6.00. The predicted octanol–water partition coefficient (Wildman–Crippen LogP) is 4.78. The van der Waals surface area contributed by atoms with Crippen LogP contribution in [0, 0.1) is 0 Å². The normalized spacial score (nSPS) is 18.5. The van der Waals surface area contributed by atoms with E-state index in [4.69, 9.17) is 0 Å². The van der Waals surface area contributed by atoms with Crippen LogP contribution in [0.15, 0.2) is 65.7 Å². The van der Waals surface area contributed by atoms with Crippen LogP contribution in [0.4, 0.5) is 14.6 Å². The van der Waals surface area contributed by atoms with Gasteiger partial charge in [-0.25, -0.2) is 23.4 Å². The SMILES string of the molecule is O=c1ccc(-c2ccncc2)nn1C1CCC(Nc2nc(C(F)F)nc3ccccc23)CC1. The van der Waals surface area contributed by atoms with Crippen molar-refractivity contribution in [3.63, 3.8) is 0 Å². The predicted molar refractivity (Wildman–Crippen MR) is 121 cm³/mol. The molecule has 7 nitrogen and oxygen atoms in total. The maximum atomic E-state index is 13.3. The summed E-state index contributed by atoms with van der Waals surface area (Å²) in [6.45, 7) is 0. The number of halogens is 2. The van der Waals surface area contributed by atoms with Crippen LogP contribution in [0.3, 0.4) is 0 Å². The number of pyridine rings is 1. The highest BCUT2D eigenvalue weighted by atomic mass is 19.3. The summed E-state index contributed by atoms with van der Waals surface area (Å²) in [6, 6.07) is 14.2. The van der Waals surface area contributed by atoms with E-state index < -0.39 is 12.2 Å². The Hall–Kier alpha value is -3.75. The monoisotopic (exact) mass is 448 g/mol. The first-order valence-electron chi connectivity index (χ1n) is 10.9. The van der Waals surface area contributed by atoms with Gasteiger partial charge in [-0.15, -0.1) is 0 Å². The third kappa shape index (κ3) is 4.44. The van der Waals surface area contributed by atoms with Gasteiger partial charge in [0.05, 0.1) is 17.3 Å². The summed E-state index contributed by atoms with van der Waals surface area (Å²) in [6.07, 6.45) is 3.67. The van der Waals surface area contributed by atoms with Crippen LogP contribution < -0.4 is 10.9 Å². The molecule has 1 saturated carbocycles. The molecule has 4 aromatic rings. The number of nitrogens with one attached hydrogen (secondary N) is 1. The zero-order valence-electron chi connectivity index (χ0n) is 17.7. The number of benzene rings is 1. The Morgan fingerprint density at radius 2 is 1.70 bits per heavy atom. The lowest BCUT2D eigenvalue weighted by Gasteiger charge is -2.30. The van der Waals surface area contributed by atoms with E-state index in [1.165, 1.54) is 0 Å². The summed E-state index contributed by atoms with van der Waals surface area (Å²) in [5.41, 5.74) is 1.99. The van der Waals surface area contributed by atoms with Crippen LogP contribution in [0.2, 0.25) is 0 Å². The first-order valence-corrected chi connectivity index (χ1v) is 10.9. The van der Waals surface area contributed by atoms with Crippen molar-refractivity contribution >= 4 is 16.7 Å². The fourth-order valence-electron chi connectivity index (χ4n) is 4.32. The van der Waals surface area contributed by atoms with Crippen molar-refractivity contribution < 1.29 is 8.78 Å². The lowest BCUT2D eigenvalue weighted by Crippen LogP contribution is -2.33. The molecule has 0 unspecified atom stereocenters. The fraction of sp³-hybridized carbons (Fsp3) is 0.292.